The summed E-state index contributed by atoms with van der Waals surface area (Å²) in [5, 5.41) is 21.9. The van der Waals surface area contributed by atoms with Crippen molar-refractivity contribution in [1.29, 1.82) is 0 Å². The zero-order valence-electron chi connectivity index (χ0n) is 15.8. The minimum atomic E-state index is -1.00. The van der Waals surface area contributed by atoms with Crippen LogP contribution in [0, 0.1) is 11.8 Å². The second-order valence-electron chi connectivity index (χ2n) is 7.32. The van der Waals surface area contributed by atoms with Gasteiger partial charge in [0.25, 0.3) is 0 Å². The first-order chi connectivity index (χ1) is 12.8. The zero-order valence-corrected chi connectivity index (χ0v) is 15.8. The third-order valence-corrected chi connectivity index (χ3v) is 4.29. The molecule has 150 valence electrons. The molecule has 0 aromatic carbocycles. The van der Waals surface area contributed by atoms with Crippen LogP contribution in [0.15, 0.2) is 6.20 Å². The van der Waals surface area contributed by atoms with Gasteiger partial charge in [0.1, 0.15) is 12.2 Å². The van der Waals surface area contributed by atoms with Crippen molar-refractivity contribution in [2.45, 2.75) is 46.2 Å². The Labute approximate surface area is 158 Å². The number of carboxylic acid groups (broad SMARTS) is 1. The van der Waals surface area contributed by atoms with Gasteiger partial charge >= 0.3 is 12.0 Å². The van der Waals surface area contributed by atoms with Gasteiger partial charge in [-0.1, -0.05) is 19.1 Å². The summed E-state index contributed by atoms with van der Waals surface area (Å²) in [6.07, 6.45) is 3.64. The van der Waals surface area contributed by atoms with Gasteiger partial charge in [-0.15, -0.1) is 5.10 Å². The average molecular weight is 380 g/mol. The van der Waals surface area contributed by atoms with E-state index in [9.17, 15) is 14.4 Å². The number of carboxylic acids is 1. The van der Waals surface area contributed by atoms with Crippen molar-refractivity contribution in [2.75, 3.05) is 19.6 Å². The van der Waals surface area contributed by atoms with Crippen LogP contribution in [0.25, 0.3) is 0 Å². The van der Waals surface area contributed by atoms with Crippen molar-refractivity contribution in [3.05, 3.63) is 11.9 Å². The first-order valence-corrected chi connectivity index (χ1v) is 9.23. The predicted molar refractivity (Wildman–Crippen MR) is 96.7 cm³/mol. The molecule has 1 aliphatic heterocycles. The number of aromatic nitrogens is 3. The van der Waals surface area contributed by atoms with Crippen LogP contribution in [0.3, 0.4) is 0 Å². The number of amides is 3. The number of nitrogens with zero attached hydrogens (tertiary/aromatic N) is 4. The number of carbonyl (C=O) groups excluding carboxylic acids is 2. The van der Waals surface area contributed by atoms with Gasteiger partial charge in [-0.05, 0) is 24.7 Å². The third-order valence-electron chi connectivity index (χ3n) is 4.29. The highest BCUT2D eigenvalue weighted by atomic mass is 16.4. The quantitative estimate of drug-likeness (QED) is 0.600. The summed E-state index contributed by atoms with van der Waals surface area (Å²) in [5.41, 5.74) is 0.503. The van der Waals surface area contributed by atoms with Crippen molar-refractivity contribution in [3.63, 3.8) is 0 Å². The zero-order chi connectivity index (χ0) is 19.8. The van der Waals surface area contributed by atoms with E-state index in [0.717, 1.165) is 12.8 Å². The number of likely N-dealkylation sites (tertiary alicyclic amines) is 1. The lowest BCUT2D eigenvalue weighted by Crippen LogP contribution is -2.47. The van der Waals surface area contributed by atoms with Crippen LogP contribution in [0.2, 0.25) is 0 Å². The van der Waals surface area contributed by atoms with E-state index < -0.39 is 5.97 Å². The number of hydrogen-bond acceptors (Lipinski definition) is 5. The topological polar surface area (TPSA) is 129 Å². The molecule has 1 aliphatic rings. The number of nitrogens with one attached hydrogen (secondary N) is 2. The Bertz CT molecular complexity index is 660. The fourth-order valence-corrected chi connectivity index (χ4v) is 2.98. The summed E-state index contributed by atoms with van der Waals surface area (Å²) in [5.74, 6) is -0.591. The largest absolute Gasteiger partial charge is 0.480 e. The molecule has 1 unspecified atom stereocenters. The number of rotatable bonds is 8. The van der Waals surface area contributed by atoms with Crippen LogP contribution in [0.1, 0.15) is 38.8 Å². The molecule has 2 heterocycles. The summed E-state index contributed by atoms with van der Waals surface area (Å²) in [6.45, 7) is 5.96. The van der Waals surface area contributed by atoms with Gasteiger partial charge in [0.2, 0.25) is 5.91 Å². The highest BCUT2D eigenvalue weighted by molar-refractivity contribution is 5.77. The van der Waals surface area contributed by atoms with Crippen LogP contribution in [0.4, 0.5) is 4.79 Å². The van der Waals surface area contributed by atoms with Crippen LogP contribution in [-0.4, -0.2) is 62.5 Å². The van der Waals surface area contributed by atoms with Crippen LogP contribution in [-0.2, 0) is 22.7 Å². The third kappa shape index (κ3) is 7.24. The summed E-state index contributed by atoms with van der Waals surface area (Å²) in [6, 6.07) is -0.0659. The van der Waals surface area contributed by atoms with Crippen LogP contribution >= 0.6 is 0 Å². The van der Waals surface area contributed by atoms with E-state index in [0.29, 0.717) is 37.7 Å². The molecular weight excluding hydrogens is 352 g/mol. The molecule has 10 heteroatoms. The second-order valence-corrected chi connectivity index (χ2v) is 7.32. The SMILES string of the molecule is CC(C)CNC(=O)N1CCCC(CC(=O)NCc2cn(CC(=O)O)nn2)C1. The number of hydrogen-bond donors (Lipinski definition) is 3. The van der Waals surface area contributed by atoms with E-state index in [-0.39, 0.29) is 30.9 Å². The van der Waals surface area contributed by atoms with Crippen molar-refractivity contribution in [2.24, 2.45) is 11.8 Å². The molecule has 1 aromatic heterocycles. The Morgan fingerprint density at radius 1 is 1.33 bits per heavy atom. The standard InChI is InChI=1S/C17H28N6O4/c1-12(2)7-19-17(27)22-5-3-4-13(9-22)6-15(24)18-8-14-10-23(21-20-14)11-16(25)26/h10,12-13H,3-9,11H2,1-2H3,(H,18,24)(H,19,27)(H,25,26). The lowest BCUT2D eigenvalue weighted by molar-refractivity contribution is -0.138. The molecule has 0 spiro atoms. The molecule has 3 amide bonds. The van der Waals surface area contributed by atoms with Crippen LogP contribution < -0.4 is 10.6 Å². The minimum absolute atomic E-state index is 0.0659. The molecule has 1 fully saturated rings. The fourth-order valence-electron chi connectivity index (χ4n) is 2.98. The Hall–Kier alpha value is -2.65. The van der Waals surface area contributed by atoms with Crippen molar-refractivity contribution in [1.82, 2.24) is 30.5 Å². The Morgan fingerprint density at radius 2 is 2.11 bits per heavy atom. The van der Waals surface area contributed by atoms with Gasteiger partial charge in [0.15, 0.2) is 0 Å². The van der Waals surface area contributed by atoms with Crippen molar-refractivity contribution >= 4 is 17.9 Å². The summed E-state index contributed by atoms with van der Waals surface area (Å²) < 4.78 is 1.21. The summed E-state index contributed by atoms with van der Waals surface area (Å²) >= 11 is 0. The van der Waals surface area contributed by atoms with Crippen LogP contribution in [0.5, 0.6) is 0 Å². The number of aliphatic carboxylic acids is 1. The monoisotopic (exact) mass is 380 g/mol. The smallest absolute Gasteiger partial charge is 0.325 e. The fraction of sp³-hybridized carbons (Fsp3) is 0.706. The predicted octanol–water partition coefficient (Wildman–Crippen LogP) is 0.447. The molecule has 0 radical (unpaired) electrons. The van der Waals surface area contributed by atoms with Gasteiger partial charge in [0, 0.05) is 26.1 Å². The summed E-state index contributed by atoms with van der Waals surface area (Å²) in [7, 11) is 0. The lowest BCUT2D eigenvalue weighted by Gasteiger charge is -2.32. The molecule has 2 rings (SSSR count). The number of piperidine rings is 1. The van der Waals surface area contributed by atoms with Crippen molar-refractivity contribution in [3.8, 4) is 0 Å². The Morgan fingerprint density at radius 3 is 2.81 bits per heavy atom. The van der Waals surface area contributed by atoms with Gasteiger partial charge in [0.05, 0.1) is 12.7 Å². The average Bonchev–Trinajstić information content (AvgIpc) is 3.04. The maximum Gasteiger partial charge on any atom is 0.325 e. The van der Waals surface area contributed by atoms with Gasteiger partial charge in [-0.2, -0.15) is 0 Å². The van der Waals surface area contributed by atoms with E-state index >= 15 is 0 Å². The minimum Gasteiger partial charge on any atom is -0.480 e. The molecule has 0 aliphatic carbocycles. The lowest BCUT2D eigenvalue weighted by atomic mass is 9.94. The first kappa shape index (κ1) is 20.7. The number of carbonyl (C=O) groups is 3. The summed E-state index contributed by atoms with van der Waals surface area (Å²) in [4.78, 5) is 36.8. The van der Waals surface area contributed by atoms with E-state index in [1.165, 1.54) is 10.9 Å². The highest BCUT2D eigenvalue weighted by Crippen LogP contribution is 2.19. The van der Waals surface area contributed by atoms with E-state index in [2.05, 4.69) is 20.9 Å². The normalized spacial score (nSPS) is 17.0. The molecule has 0 bridgehead atoms. The molecule has 1 atom stereocenters. The maximum absolute atomic E-state index is 12.2. The van der Waals surface area contributed by atoms with E-state index in [4.69, 9.17) is 5.11 Å². The Kier molecular flexibility index (Phi) is 7.56. The van der Waals surface area contributed by atoms with Crippen molar-refractivity contribution < 1.29 is 19.5 Å². The van der Waals surface area contributed by atoms with Gasteiger partial charge < -0.3 is 20.6 Å². The molecule has 3 N–H and O–H groups in total. The molecule has 1 aromatic rings. The number of urea groups is 1. The Balaban J connectivity index is 1.73. The second kappa shape index (κ2) is 9.89. The van der Waals surface area contributed by atoms with E-state index in [1.807, 2.05) is 13.8 Å². The highest BCUT2D eigenvalue weighted by Gasteiger charge is 2.25. The molecular formula is C17H28N6O4. The first-order valence-electron chi connectivity index (χ1n) is 9.23. The molecule has 0 saturated carbocycles. The van der Waals surface area contributed by atoms with Gasteiger partial charge in [-0.25, -0.2) is 9.48 Å². The van der Waals surface area contributed by atoms with Gasteiger partial charge in [-0.3, -0.25) is 9.59 Å². The molecule has 27 heavy (non-hydrogen) atoms. The van der Waals surface area contributed by atoms with E-state index in [1.54, 1.807) is 4.90 Å². The molecule has 10 nitrogen and oxygen atoms in total. The molecule has 1 saturated heterocycles. The maximum atomic E-state index is 12.2.